The second kappa shape index (κ2) is 6.89. The molecule has 0 aliphatic rings. The van der Waals surface area contributed by atoms with E-state index in [0.717, 1.165) is 25.1 Å². The topological polar surface area (TPSA) is 54.0 Å². The molecule has 0 aromatic carbocycles. The third kappa shape index (κ3) is 3.73. The molecule has 0 aliphatic heterocycles. The van der Waals surface area contributed by atoms with Crippen molar-refractivity contribution in [1.29, 1.82) is 0 Å². The summed E-state index contributed by atoms with van der Waals surface area (Å²) in [6.45, 7) is 6.92. The lowest BCUT2D eigenvalue weighted by molar-refractivity contribution is 0.0935. The molecule has 2 N–H and O–H groups in total. The Morgan fingerprint density at radius 3 is 2.65 bits per heavy atom. The second-order valence-corrected chi connectivity index (χ2v) is 3.94. The fourth-order valence-electron chi connectivity index (χ4n) is 1.68. The number of nitrogens with one attached hydrogen (secondary N) is 2. The number of anilines is 1. The van der Waals surface area contributed by atoms with Crippen LogP contribution < -0.4 is 10.6 Å². The van der Waals surface area contributed by atoms with Crippen LogP contribution in [0, 0.1) is 0 Å². The SMILES string of the molecule is CCNc1cnccc1C(=O)NC(CC)CC. The van der Waals surface area contributed by atoms with Crippen molar-refractivity contribution >= 4 is 11.6 Å². The first kappa shape index (κ1) is 13.5. The van der Waals surface area contributed by atoms with E-state index in [4.69, 9.17) is 0 Å². The molecule has 1 rings (SSSR count). The number of hydrogen-bond acceptors (Lipinski definition) is 3. The Kier molecular flexibility index (Phi) is 5.46. The van der Waals surface area contributed by atoms with Gasteiger partial charge in [0.25, 0.3) is 5.91 Å². The van der Waals surface area contributed by atoms with Gasteiger partial charge in [-0.1, -0.05) is 13.8 Å². The highest BCUT2D eigenvalue weighted by Gasteiger charge is 2.13. The first-order chi connectivity index (χ1) is 8.22. The van der Waals surface area contributed by atoms with Gasteiger partial charge in [-0.05, 0) is 25.8 Å². The van der Waals surface area contributed by atoms with Crippen LogP contribution in [0.5, 0.6) is 0 Å². The van der Waals surface area contributed by atoms with Gasteiger partial charge in [-0.2, -0.15) is 0 Å². The first-order valence-corrected chi connectivity index (χ1v) is 6.21. The lowest BCUT2D eigenvalue weighted by atomic mass is 10.1. The third-order valence-electron chi connectivity index (χ3n) is 2.75. The molecule has 17 heavy (non-hydrogen) atoms. The van der Waals surface area contributed by atoms with E-state index < -0.39 is 0 Å². The summed E-state index contributed by atoms with van der Waals surface area (Å²) in [4.78, 5) is 16.1. The van der Waals surface area contributed by atoms with Gasteiger partial charge < -0.3 is 10.6 Å². The largest absolute Gasteiger partial charge is 0.383 e. The number of carbonyl (C=O) groups is 1. The predicted octanol–water partition coefficient (Wildman–Crippen LogP) is 2.43. The van der Waals surface area contributed by atoms with Crippen molar-refractivity contribution < 1.29 is 4.79 Å². The minimum Gasteiger partial charge on any atom is -0.383 e. The summed E-state index contributed by atoms with van der Waals surface area (Å²) in [7, 11) is 0. The number of rotatable bonds is 6. The van der Waals surface area contributed by atoms with Gasteiger partial charge in [0.15, 0.2) is 0 Å². The van der Waals surface area contributed by atoms with Crippen LogP contribution in [0.1, 0.15) is 44.0 Å². The monoisotopic (exact) mass is 235 g/mol. The molecule has 4 heteroatoms. The highest BCUT2D eigenvalue weighted by molar-refractivity contribution is 5.99. The Hall–Kier alpha value is -1.58. The van der Waals surface area contributed by atoms with Gasteiger partial charge >= 0.3 is 0 Å². The first-order valence-electron chi connectivity index (χ1n) is 6.21. The molecule has 0 fully saturated rings. The normalized spacial score (nSPS) is 10.4. The van der Waals surface area contributed by atoms with E-state index in [1.807, 2.05) is 6.92 Å². The van der Waals surface area contributed by atoms with Crippen molar-refractivity contribution in [2.75, 3.05) is 11.9 Å². The van der Waals surface area contributed by atoms with Crippen molar-refractivity contribution in [1.82, 2.24) is 10.3 Å². The standard InChI is InChI=1S/C13H21N3O/c1-4-10(5-2)16-13(17)11-7-8-14-9-12(11)15-6-3/h7-10,15H,4-6H2,1-3H3,(H,16,17). The number of aromatic nitrogens is 1. The van der Waals surface area contributed by atoms with Gasteiger partial charge in [0.1, 0.15) is 0 Å². The molecular formula is C13H21N3O. The lowest BCUT2D eigenvalue weighted by Gasteiger charge is -2.16. The van der Waals surface area contributed by atoms with E-state index in [2.05, 4.69) is 29.5 Å². The smallest absolute Gasteiger partial charge is 0.253 e. The molecule has 94 valence electrons. The molecule has 0 spiro atoms. The number of amides is 1. The Morgan fingerprint density at radius 2 is 2.06 bits per heavy atom. The van der Waals surface area contributed by atoms with E-state index in [-0.39, 0.29) is 11.9 Å². The van der Waals surface area contributed by atoms with Crippen LogP contribution in [0.2, 0.25) is 0 Å². The van der Waals surface area contributed by atoms with Gasteiger partial charge in [0.2, 0.25) is 0 Å². The van der Waals surface area contributed by atoms with E-state index in [1.165, 1.54) is 0 Å². The molecule has 0 saturated heterocycles. The van der Waals surface area contributed by atoms with Crippen molar-refractivity contribution in [3.8, 4) is 0 Å². The summed E-state index contributed by atoms with van der Waals surface area (Å²) in [5.74, 6) is -0.0305. The van der Waals surface area contributed by atoms with Gasteiger partial charge in [-0.25, -0.2) is 0 Å². The van der Waals surface area contributed by atoms with Crippen molar-refractivity contribution in [3.63, 3.8) is 0 Å². The molecule has 0 radical (unpaired) electrons. The number of pyridine rings is 1. The average molecular weight is 235 g/mol. The number of nitrogens with zero attached hydrogens (tertiary/aromatic N) is 1. The summed E-state index contributed by atoms with van der Waals surface area (Å²) in [6, 6.07) is 1.99. The molecule has 1 aromatic rings. The van der Waals surface area contributed by atoms with E-state index in [9.17, 15) is 4.79 Å². The molecule has 1 heterocycles. The lowest BCUT2D eigenvalue weighted by Crippen LogP contribution is -2.34. The fraction of sp³-hybridized carbons (Fsp3) is 0.538. The van der Waals surface area contributed by atoms with Crippen LogP contribution in [-0.4, -0.2) is 23.5 Å². The molecule has 1 amide bonds. The van der Waals surface area contributed by atoms with Crippen LogP contribution in [-0.2, 0) is 0 Å². The zero-order valence-electron chi connectivity index (χ0n) is 10.8. The zero-order chi connectivity index (χ0) is 12.7. The Balaban J connectivity index is 2.80. The maximum Gasteiger partial charge on any atom is 0.253 e. The van der Waals surface area contributed by atoms with Crippen LogP contribution in [0.15, 0.2) is 18.5 Å². The van der Waals surface area contributed by atoms with Gasteiger partial charge in [-0.15, -0.1) is 0 Å². The van der Waals surface area contributed by atoms with Gasteiger partial charge in [0.05, 0.1) is 17.4 Å². The molecule has 0 bridgehead atoms. The Bertz CT molecular complexity index is 361. The van der Waals surface area contributed by atoms with Crippen LogP contribution in [0.3, 0.4) is 0 Å². The maximum absolute atomic E-state index is 12.1. The van der Waals surface area contributed by atoms with Crippen LogP contribution >= 0.6 is 0 Å². The predicted molar refractivity (Wildman–Crippen MR) is 70.2 cm³/mol. The molecule has 1 aromatic heterocycles. The minimum atomic E-state index is -0.0305. The molecule has 0 atom stereocenters. The van der Waals surface area contributed by atoms with Crippen LogP contribution in [0.4, 0.5) is 5.69 Å². The summed E-state index contributed by atoms with van der Waals surface area (Å²) in [6.07, 6.45) is 5.22. The highest BCUT2D eigenvalue weighted by Crippen LogP contribution is 2.13. The molecule has 4 nitrogen and oxygen atoms in total. The van der Waals surface area contributed by atoms with Gasteiger partial charge in [-0.3, -0.25) is 9.78 Å². The van der Waals surface area contributed by atoms with Crippen LogP contribution in [0.25, 0.3) is 0 Å². The van der Waals surface area contributed by atoms with Gasteiger partial charge in [0, 0.05) is 18.8 Å². The maximum atomic E-state index is 12.1. The second-order valence-electron chi connectivity index (χ2n) is 3.94. The minimum absolute atomic E-state index is 0.0305. The average Bonchev–Trinajstić information content (AvgIpc) is 2.36. The number of carbonyl (C=O) groups excluding carboxylic acids is 1. The fourth-order valence-corrected chi connectivity index (χ4v) is 1.68. The van der Waals surface area contributed by atoms with Crippen molar-refractivity contribution in [3.05, 3.63) is 24.0 Å². The summed E-state index contributed by atoms with van der Waals surface area (Å²) in [5, 5.41) is 6.17. The van der Waals surface area contributed by atoms with Crippen molar-refractivity contribution in [2.24, 2.45) is 0 Å². The Morgan fingerprint density at radius 1 is 1.35 bits per heavy atom. The van der Waals surface area contributed by atoms with E-state index >= 15 is 0 Å². The Labute approximate surface area is 103 Å². The summed E-state index contributed by atoms with van der Waals surface area (Å²) >= 11 is 0. The summed E-state index contributed by atoms with van der Waals surface area (Å²) in [5.41, 5.74) is 1.45. The van der Waals surface area contributed by atoms with E-state index in [0.29, 0.717) is 5.56 Å². The zero-order valence-corrected chi connectivity index (χ0v) is 10.8. The highest BCUT2D eigenvalue weighted by atomic mass is 16.1. The number of hydrogen-bond donors (Lipinski definition) is 2. The molecule has 0 saturated carbocycles. The quantitative estimate of drug-likeness (QED) is 0.796. The van der Waals surface area contributed by atoms with Crippen molar-refractivity contribution in [2.45, 2.75) is 39.7 Å². The summed E-state index contributed by atoms with van der Waals surface area (Å²) < 4.78 is 0. The molecular weight excluding hydrogens is 214 g/mol. The molecule has 0 unspecified atom stereocenters. The molecule has 0 aliphatic carbocycles. The third-order valence-corrected chi connectivity index (χ3v) is 2.75. The van der Waals surface area contributed by atoms with E-state index in [1.54, 1.807) is 18.5 Å².